The minimum absolute atomic E-state index is 0.738. The Balaban J connectivity index is 1.96. The van der Waals surface area contributed by atoms with E-state index in [1.807, 2.05) is 17.9 Å². The van der Waals surface area contributed by atoms with Crippen molar-refractivity contribution in [3.63, 3.8) is 0 Å². The van der Waals surface area contributed by atoms with Crippen LogP contribution in [0.15, 0.2) is 11.2 Å². The summed E-state index contributed by atoms with van der Waals surface area (Å²) in [6.45, 7) is 2.74. The number of aromatic nitrogens is 2. The first kappa shape index (κ1) is 11.7. The van der Waals surface area contributed by atoms with Gasteiger partial charge in [-0.15, -0.1) is 0 Å². The molecule has 0 aromatic carbocycles. The molecule has 6 heteroatoms. The Bertz CT molecular complexity index is 398. The zero-order valence-corrected chi connectivity index (χ0v) is 11.7. The molecule has 0 saturated heterocycles. The van der Waals surface area contributed by atoms with Crippen LogP contribution in [0.2, 0.25) is 0 Å². The molecular weight excluding hydrogens is 317 g/mol. The quantitative estimate of drug-likeness (QED) is 0.815. The number of aryl methyl sites for hydroxylation is 1. The van der Waals surface area contributed by atoms with E-state index in [0.717, 1.165) is 37.7 Å². The van der Waals surface area contributed by atoms with E-state index in [1.165, 1.54) is 3.57 Å². The highest BCUT2D eigenvalue weighted by Crippen LogP contribution is 2.09. The molecule has 0 unspecified atom stereocenters. The smallest absolute Gasteiger partial charge is 0.193 e. The number of rotatable bonds is 2. The van der Waals surface area contributed by atoms with Gasteiger partial charge >= 0.3 is 0 Å². The minimum Gasteiger partial charge on any atom is -0.350 e. The Kier molecular flexibility index (Phi) is 3.67. The van der Waals surface area contributed by atoms with E-state index in [9.17, 15) is 0 Å². The van der Waals surface area contributed by atoms with Crippen LogP contribution < -0.4 is 5.32 Å². The normalized spacial score (nSPS) is 16.2. The lowest BCUT2D eigenvalue weighted by Crippen LogP contribution is -2.41. The highest BCUT2D eigenvalue weighted by molar-refractivity contribution is 14.1. The van der Waals surface area contributed by atoms with E-state index < -0.39 is 0 Å². The fourth-order valence-electron chi connectivity index (χ4n) is 1.70. The van der Waals surface area contributed by atoms with Gasteiger partial charge in [-0.1, -0.05) is 0 Å². The van der Waals surface area contributed by atoms with Gasteiger partial charge in [-0.2, -0.15) is 5.10 Å². The van der Waals surface area contributed by atoms with E-state index >= 15 is 0 Å². The number of nitrogens with one attached hydrogen (secondary N) is 1. The molecule has 16 heavy (non-hydrogen) atoms. The summed E-state index contributed by atoms with van der Waals surface area (Å²) in [5, 5.41) is 7.73. The Morgan fingerprint density at radius 2 is 2.31 bits per heavy atom. The summed E-state index contributed by atoms with van der Waals surface area (Å²) in [4.78, 5) is 6.61. The van der Waals surface area contributed by atoms with E-state index in [0.29, 0.717) is 0 Å². The van der Waals surface area contributed by atoms with Crippen LogP contribution in [-0.2, 0) is 13.6 Å². The molecule has 0 atom stereocenters. The zero-order chi connectivity index (χ0) is 11.5. The summed E-state index contributed by atoms with van der Waals surface area (Å²) in [5.41, 5.74) is 1.07. The van der Waals surface area contributed by atoms with Gasteiger partial charge in [-0.25, -0.2) is 0 Å². The average molecular weight is 333 g/mol. The molecule has 1 aliphatic heterocycles. The lowest BCUT2D eigenvalue weighted by molar-refractivity contribution is 0.445. The fourth-order valence-corrected chi connectivity index (χ4v) is 2.40. The van der Waals surface area contributed by atoms with Crippen molar-refractivity contribution in [3.05, 3.63) is 15.5 Å². The molecule has 88 valence electrons. The number of halogens is 1. The number of nitrogens with zero attached hydrogens (tertiary/aromatic N) is 4. The van der Waals surface area contributed by atoms with Crippen molar-refractivity contribution >= 4 is 28.6 Å². The Labute approximate surface area is 109 Å². The molecule has 1 aromatic rings. The van der Waals surface area contributed by atoms with Gasteiger partial charge < -0.3 is 10.2 Å². The number of hydrogen-bond donors (Lipinski definition) is 1. The molecule has 0 saturated carbocycles. The SMILES string of the molecule is CN1CCCN=C1NCc1nn(C)cc1I. The number of guanidine groups is 1. The van der Waals surface area contributed by atoms with Crippen molar-refractivity contribution in [1.82, 2.24) is 20.0 Å². The molecule has 1 aliphatic rings. The van der Waals surface area contributed by atoms with E-state index in [4.69, 9.17) is 0 Å². The molecule has 0 fully saturated rings. The molecule has 0 spiro atoms. The maximum absolute atomic E-state index is 4.46. The number of hydrogen-bond acceptors (Lipinski definition) is 4. The van der Waals surface area contributed by atoms with Crippen molar-refractivity contribution in [3.8, 4) is 0 Å². The molecule has 0 amide bonds. The molecule has 2 heterocycles. The topological polar surface area (TPSA) is 45.4 Å². The molecular formula is C10H16IN5. The lowest BCUT2D eigenvalue weighted by Gasteiger charge is -2.25. The highest BCUT2D eigenvalue weighted by Gasteiger charge is 2.11. The van der Waals surface area contributed by atoms with Gasteiger partial charge in [-0.3, -0.25) is 9.67 Å². The highest BCUT2D eigenvalue weighted by atomic mass is 127. The molecule has 0 aliphatic carbocycles. The summed E-state index contributed by atoms with van der Waals surface area (Å²) < 4.78 is 3.03. The minimum atomic E-state index is 0.738. The lowest BCUT2D eigenvalue weighted by atomic mass is 10.3. The van der Waals surface area contributed by atoms with Crippen LogP contribution in [0.5, 0.6) is 0 Å². The van der Waals surface area contributed by atoms with Crippen LogP contribution in [-0.4, -0.2) is 40.8 Å². The number of aliphatic imine (C=N–C) groups is 1. The maximum Gasteiger partial charge on any atom is 0.193 e. The molecule has 2 rings (SSSR count). The van der Waals surface area contributed by atoms with Crippen molar-refractivity contribution in [1.29, 1.82) is 0 Å². The molecule has 0 radical (unpaired) electrons. The van der Waals surface area contributed by atoms with Crippen LogP contribution in [0.3, 0.4) is 0 Å². The van der Waals surface area contributed by atoms with Crippen molar-refractivity contribution in [2.24, 2.45) is 12.0 Å². The third kappa shape index (κ3) is 2.66. The van der Waals surface area contributed by atoms with Crippen LogP contribution in [0.4, 0.5) is 0 Å². The molecule has 0 bridgehead atoms. The Morgan fingerprint density at radius 3 is 2.94 bits per heavy atom. The van der Waals surface area contributed by atoms with Gasteiger partial charge in [0, 0.05) is 33.4 Å². The van der Waals surface area contributed by atoms with Crippen LogP contribution >= 0.6 is 22.6 Å². The van der Waals surface area contributed by atoms with Gasteiger partial charge in [0.25, 0.3) is 0 Å². The van der Waals surface area contributed by atoms with E-state index in [-0.39, 0.29) is 0 Å². The predicted molar refractivity (Wildman–Crippen MR) is 72.3 cm³/mol. The molecule has 5 nitrogen and oxygen atoms in total. The second-order valence-electron chi connectivity index (χ2n) is 3.93. The van der Waals surface area contributed by atoms with Crippen LogP contribution in [0.1, 0.15) is 12.1 Å². The summed E-state index contributed by atoms with van der Waals surface area (Å²) in [6, 6.07) is 0. The van der Waals surface area contributed by atoms with Crippen molar-refractivity contribution in [2.45, 2.75) is 13.0 Å². The summed E-state index contributed by atoms with van der Waals surface area (Å²) in [5.74, 6) is 0.979. The van der Waals surface area contributed by atoms with E-state index in [2.05, 4.69) is 49.9 Å². The first-order valence-electron chi connectivity index (χ1n) is 5.34. The van der Waals surface area contributed by atoms with Gasteiger partial charge in [-0.05, 0) is 29.0 Å². The Morgan fingerprint density at radius 1 is 1.50 bits per heavy atom. The summed E-state index contributed by atoms with van der Waals surface area (Å²) in [7, 11) is 4.00. The summed E-state index contributed by atoms with van der Waals surface area (Å²) >= 11 is 2.30. The predicted octanol–water partition coefficient (Wildman–Crippen LogP) is 0.806. The molecule has 1 aromatic heterocycles. The maximum atomic E-state index is 4.46. The fraction of sp³-hybridized carbons (Fsp3) is 0.600. The van der Waals surface area contributed by atoms with Crippen LogP contribution in [0, 0.1) is 3.57 Å². The van der Waals surface area contributed by atoms with E-state index in [1.54, 1.807) is 0 Å². The second-order valence-corrected chi connectivity index (χ2v) is 5.09. The van der Waals surface area contributed by atoms with Gasteiger partial charge in [0.1, 0.15) is 0 Å². The monoisotopic (exact) mass is 333 g/mol. The zero-order valence-electron chi connectivity index (χ0n) is 9.57. The first-order valence-corrected chi connectivity index (χ1v) is 6.42. The van der Waals surface area contributed by atoms with Gasteiger partial charge in [0.2, 0.25) is 0 Å². The molecule has 1 N–H and O–H groups in total. The third-order valence-corrected chi connectivity index (χ3v) is 3.44. The Hall–Kier alpha value is -0.790. The van der Waals surface area contributed by atoms with Crippen molar-refractivity contribution in [2.75, 3.05) is 20.1 Å². The first-order chi connectivity index (χ1) is 7.66. The van der Waals surface area contributed by atoms with Crippen molar-refractivity contribution < 1.29 is 0 Å². The largest absolute Gasteiger partial charge is 0.350 e. The third-order valence-electron chi connectivity index (χ3n) is 2.54. The average Bonchev–Trinajstić information content (AvgIpc) is 2.56. The second kappa shape index (κ2) is 5.03. The van der Waals surface area contributed by atoms with Crippen LogP contribution in [0.25, 0.3) is 0 Å². The van der Waals surface area contributed by atoms with Gasteiger partial charge in [0.05, 0.1) is 15.8 Å². The standard InChI is InChI=1S/C10H16IN5/c1-15-5-3-4-12-10(15)13-6-9-8(11)7-16(2)14-9/h7H,3-6H2,1-2H3,(H,12,13). The summed E-state index contributed by atoms with van der Waals surface area (Å²) in [6.07, 6.45) is 3.16. The van der Waals surface area contributed by atoms with Gasteiger partial charge in [0.15, 0.2) is 5.96 Å².